The molecule has 1 aromatic heterocycles. The molecule has 1 aliphatic rings. The fourth-order valence-electron chi connectivity index (χ4n) is 2.19. The molecule has 4 nitrogen and oxygen atoms in total. The van der Waals surface area contributed by atoms with Gasteiger partial charge in [-0.1, -0.05) is 20.3 Å². The van der Waals surface area contributed by atoms with Gasteiger partial charge in [0.05, 0.1) is 12.5 Å². The quantitative estimate of drug-likeness (QED) is 0.578. The molecule has 0 saturated heterocycles. The summed E-state index contributed by atoms with van der Waals surface area (Å²) in [5.74, 6) is 0.461. The van der Waals surface area contributed by atoms with Crippen molar-refractivity contribution in [1.82, 2.24) is 9.97 Å². The number of ether oxygens (including phenoxy) is 1. The monoisotopic (exact) mass is 234 g/mol. The van der Waals surface area contributed by atoms with Gasteiger partial charge in [0.25, 0.3) is 0 Å². The second-order valence-electron chi connectivity index (χ2n) is 4.57. The average molecular weight is 234 g/mol. The van der Waals surface area contributed by atoms with Gasteiger partial charge in [0.2, 0.25) is 0 Å². The highest BCUT2D eigenvalue weighted by Gasteiger charge is 2.54. The van der Waals surface area contributed by atoms with E-state index in [0.717, 1.165) is 18.5 Å². The van der Waals surface area contributed by atoms with Crippen LogP contribution in [0.25, 0.3) is 0 Å². The van der Waals surface area contributed by atoms with Gasteiger partial charge in [-0.15, -0.1) is 0 Å². The minimum Gasteiger partial charge on any atom is -0.465 e. The highest BCUT2D eigenvalue weighted by Crippen LogP contribution is 2.53. The highest BCUT2D eigenvalue weighted by atomic mass is 16.5. The maximum atomic E-state index is 11.8. The lowest BCUT2D eigenvalue weighted by Gasteiger charge is -2.02. The second kappa shape index (κ2) is 5.25. The zero-order valence-electron chi connectivity index (χ0n) is 10.3. The summed E-state index contributed by atoms with van der Waals surface area (Å²) in [4.78, 5) is 19.9. The lowest BCUT2D eigenvalue weighted by atomic mass is 10.2. The third-order valence-corrected chi connectivity index (χ3v) is 3.34. The summed E-state index contributed by atoms with van der Waals surface area (Å²) in [7, 11) is 0. The van der Waals surface area contributed by atoms with Gasteiger partial charge in [0.1, 0.15) is 6.33 Å². The van der Waals surface area contributed by atoms with E-state index in [-0.39, 0.29) is 17.8 Å². The summed E-state index contributed by atoms with van der Waals surface area (Å²) >= 11 is 0. The lowest BCUT2D eigenvalue weighted by Crippen LogP contribution is -2.09. The Bertz CT molecular complexity index is 380. The first-order chi connectivity index (χ1) is 8.25. The Labute approximate surface area is 101 Å². The predicted octanol–water partition coefficient (Wildman–Crippen LogP) is 2.17. The summed E-state index contributed by atoms with van der Waals surface area (Å²) < 4.78 is 5.25. The molecule has 92 valence electrons. The van der Waals surface area contributed by atoms with Crippen molar-refractivity contribution in [3.8, 4) is 0 Å². The molecule has 0 unspecified atom stereocenters. The van der Waals surface area contributed by atoms with Gasteiger partial charge < -0.3 is 4.74 Å². The standard InChI is InChI=1S/C13H18N2O2/c1-3-4-7-17-13(16)12-9(2)11(12)10-5-6-14-8-15-10/h5-6,8-9,11-12H,3-4,7H2,1-2H3/t9-,11-,12+/m1/s1. The summed E-state index contributed by atoms with van der Waals surface area (Å²) in [6.07, 6.45) is 5.22. The minimum absolute atomic E-state index is 0.0123. The summed E-state index contributed by atoms with van der Waals surface area (Å²) in [5, 5.41) is 0. The number of hydrogen-bond donors (Lipinski definition) is 0. The Balaban J connectivity index is 1.90. The van der Waals surface area contributed by atoms with Crippen LogP contribution in [0.1, 0.15) is 38.3 Å². The number of hydrogen-bond acceptors (Lipinski definition) is 4. The molecule has 0 N–H and O–H groups in total. The number of unbranched alkanes of at least 4 members (excludes halogenated alkanes) is 1. The molecule has 0 aromatic carbocycles. The van der Waals surface area contributed by atoms with Crippen molar-refractivity contribution < 1.29 is 9.53 Å². The van der Waals surface area contributed by atoms with Crippen LogP contribution in [0.2, 0.25) is 0 Å². The second-order valence-corrected chi connectivity index (χ2v) is 4.57. The van der Waals surface area contributed by atoms with Crippen molar-refractivity contribution >= 4 is 5.97 Å². The Morgan fingerprint density at radius 1 is 1.53 bits per heavy atom. The largest absolute Gasteiger partial charge is 0.465 e. The van der Waals surface area contributed by atoms with Crippen molar-refractivity contribution in [2.24, 2.45) is 11.8 Å². The Morgan fingerprint density at radius 2 is 2.35 bits per heavy atom. The van der Waals surface area contributed by atoms with Gasteiger partial charge in [0, 0.05) is 17.8 Å². The molecule has 0 amide bonds. The third kappa shape index (κ3) is 2.62. The van der Waals surface area contributed by atoms with E-state index in [9.17, 15) is 4.79 Å². The topological polar surface area (TPSA) is 52.1 Å². The van der Waals surface area contributed by atoms with Crippen LogP contribution in [0.5, 0.6) is 0 Å². The van der Waals surface area contributed by atoms with E-state index >= 15 is 0 Å². The number of aromatic nitrogens is 2. The third-order valence-electron chi connectivity index (χ3n) is 3.34. The van der Waals surface area contributed by atoms with E-state index in [0.29, 0.717) is 12.5 Å². The van der Waals surface area contributed by atoms with E-state index in [1.807, 2.05) is 6.07 Å². The van der Waals surface area contributed by atoms with Crippen molar-refractivity contribution in [3.63, 3.8) is 0 Å². The Kier molecular flexibility index (Phi) is 3.71. The minimum atomic E-state index is -0.0745. The maximum absolute atomic E-state index is 11.8. The fourth-order valence-corrected chi connectivity index (χ4v) is 2.19. The average Bonchev–Trinajstić information content (AvgIpc) is 3.02. The van der Waals surface area contributed by atoms with Crippen LogP contribution in [0, 0.1) is 11.8 Å². The first-order valence-electron chi connectivity index (χ1n) is 6.18. The number of rotatable bonds is 5. The van der Waals surface area contributed by atoms with Gasteiger partial charge in [-0.3, -0.25) is 4.79 Å². The number of nitrogens with zero attached hydrogens (tertiary/aromatic N) is 2. The van der Waals surface area contributed by atoms with Crippen molar-refractivity contribution in [3.05, 3.63) is 24.3 Å². The van der Waals surface area contributed by atoms with E-state index in [1.165, 1.54) is 6.33 Å². The van der Waals surface area contributed by atoms with Crippen LogP contribution in [0.15, 0.2) is 18.6 Å². The summed E-state index contributed by atoms with van der Waals surface area (Å²) in [5.41, 5.74) is 0.949. The van der Waals surface area contributed by atoms with Crippen LogP contribution < -0.4 is 0 Å². The van der Waals surface area contributed by atoms with Gasteiger partial charge in [0.15, 0.2) is 0 Å². The Morgan fingerprint density at radius 3 is 3.00 bits per heavy atom. The van der Waals surface area contributed by atoms with Crippen molar-refractivity contribution in [2.45, 2.75) is 32.6 Å². The van der Waals surface area contributed by atoms with Gasteiger partial charge in [-0.05, 0) is 18.4 Å². The molecule has 0 aliphatic heterocycles. The first-order valence-corrected chi connectivity index (χ1v) is 6.18. The molecule has 17 heavy (non-hydrogen) atoms. The highest BCUT2D eigenvalue weighted by molar-refractivity contribution is 5.78. The summed E-state index contributed by atoms with van der Waals surface area (Å²) in [6.45, 7) is 4.69. The van der Waals surface area contributed by atoms with Crippen molar-refractivity contribution in [2.75, 3.05) is 6.61 Å². The van der Waals surface area contributed by atoms with Crippen LogP contribution in [-0.2, 0) is 9.53 Å². The molecule has 1 heterocycles. The number of esters is 1. The molecule has 3 atom stereocenters. The maximum Gasteiger partial charge on any atom is 0.309 e. The van der Waals surface area contributed by atoms with E-state index in [4.69, 9.17) is 4.74 Å². The lowest BCUT2D eigenvalue weighted by molar-refractivity contribution is -0.145. The SMILES string of the molecule is CCCCOC(=O)[C@H]1[C@H](C)[C@@H]1c1ccncn1. The normalized spacial score (nSPS) is 26.6. The van der Waals surface area contributed by atoms with Crippen LogP contribution in [0.3, 0.4) is 0 Å². The zero-order valence-corrected chi connectivity index (χ0v) is 10.3. The smallest absolute Gasteiger partial charge is 0.309 e. The predicted molar refractivity (Wildman–Crippen MR) is 63.3 cm³/mol. The van der Waals surface area contributed by atoms with Gasteiger partial charge >= 0.3 is 5.97 Å². The van der Waals surface area contributed by atoms with Crippen LogP contribution in [-0.4, -0.2) is 22.5 Å². The molecular formula is C13H18N2O2. The molecule has 0 spiro atoms. The first kappa shape index (κ1) is 12.0. The molecule has 0 bridgehead atoms. The number of carbonyl (C=O) groups excluding carboxylic acids is 1. The molecule has 4 heteroatoms. The number of carbonyl (C=O) groups is 1. The molecule has 0 radical (unpaired) electrons. The molecule has 2 rings (SSSR count). The molecule has 1 saturated carbocycles. The van der Waals surface area contributed by atoms with Gasteiger partial charge in [-0.2, -0.15) is 0 Å². The zero-order chi connectivity index (χ0) is 12.3. The van der Waals surface area contributed by atoms with E-state index in [1.54, 1.807) is 6.20 Å². The Hall–Kier alpha value is -1.45. The van der Waals surface area contributed by atoms with Gasteiger partial charge in [-0.25, -0.2) is 9.97 Å². The molecule has 1 fully saturated rings. The van der Waals surface area contributed by atoms with Crippen LogP contribution in [0.4, 0.5) is 0 Å². The fraction of sp³-hybridized carbons (Fsp3) is 0.615. The molecule has 1 aliphatic carbocycles. The van der Waals surface area contributed by atoms with Crippen LogP contribution >= 0.6 is 0 Å². The van der Waals surface area contributed by atoms with Crippen molar-refractivity contribution in [1.29, 1.82) is 0 Å². The molecule has 1 aromatic rings. The van der Waals surface area contributed by atoms with E-state index in [2.05, 4.69) is 23.8 Å². The molecular weight excluding hydrogens is 216 g/mol. The summed E-state index contributed by atoms with van der Waals surface area (Å²) in [6, 6.07) is 1.88. The van der Waals surface area contributed by atoms with E-state index < -0.39 is 0 Å².